The van der Waals surface area contributed by atoms with Gasteiger partial charge in [0, 0.05) is 17.3 Å². The monoisotopic (exact) mass is 286 g/mol. The van der Waals surface area contributed by atoms with Gasteiger partial charge in [-0.15, -0.1) is 0 Å². The lowest BCUT2D eigenvalue weighted by Gasteiger charge is -2.18. The van der Waals surface area contributed by atoms with E-state index in [0.717, 1.165) is 25.3 Å². The summed E-state index contributed by atoms with van der Waals surface area (Å²) >= 11 is 0. The van der Waals surface area contributed by atoms with Gasteiger partial charge in [0.15, 0.2) is 0 Å². The van der Waals surface area contributed by atoms with Crippen LogP contribution in [0, 0.1) is 18.7 Å². The fraction of sp³-hybridized carbons (Fsp3) is 0.538. The average Bonchev–Trinajstić information content (AvgIpc) is 2.69. The highest BCUT2D eigenvalue weighted by molar-refractivity contribution is 7.89. The molecule has 0 heterocycles. The van der Waals surface area contributed by atoms with E-state index in [1.807, 2.05) is 6.92 Å². The first-order valence-electron chi connectivity index (χ1n) is 6.39. The molecule has 0 spiro atoms. The molecule has 1 aliphatic carbocycles. The Balaban J connectivity index is 2.34. The fourth-order valence-electron chi connectivity index (χ4n) is 2.54. The van der Waals surface area contributed by atoms with Crippen LogP contribution >= 0.6 is 0 Å². The first-order chi connectivity index (χ1) is 8.81. The van der Waals surface area contributed by atoms with Gasteiger partial charge in [0.05, 0.1) is 4.90 Å². The van der Waals surface area contributed by atoms with Crippen LogP contribution in [0.25, 0.3) is 0 Å². The summed E-state index contributed by atoms with van der Waals surface area (Å²) in [5.41, 5.74) is 5.75. The summed E-state index contributed by atoms with van der Waals surface area (Å²) in [6, 6.07) is 2.36. The number of hydrogen-bond acceptors (Lipinski definition) is 3. The van der Waals surface area contributed by atoms with Crippen molar-refractivity contribution < 1.29 is 12.8 Å². The fourth-order valence-corrected chi connectivity index (χ4v) is 4.20. The number of sulfonamides is 1. The lowest BCUT2D eigenvalue weighted by molar-refractivity contribution is 0.476. The molecule has 106 valence electrons. The quantitative estimate of drug-likeness (QED) is 0.837. The van der Waals surface area contributed by atoms with Crippen LogP contribution in [0.1, 0.15) is 31.7 Å². The van der Waals surface area contributed by atoms with Gasteiger partial charge in [-0.2, -0.15) is 0 Å². The third-order valence-electron chi connectivity index (χ3n) is 3.78. The minimum atomic E-state index is -3.72. The molecule has 1 saturated carbocycles. The molecule has 2 rings (SSSR count). The van der Waals surface area contributed by atoms with E-state index in [0.29, 0.717) is 5.92 Å². The van der Waals surface area contributed by atoms with Gasteiger partial charge in [0.25, 0.3) is 0 Å². The largest absolute Gasteiger partial charge is 0.399 e. The van der Waals surface area contributed by atoms with Gasteiger partial charge >= 0.3 is 0 Å². The first-order valence-corrected chi connectivity index (χ1v) is 7.87. The van der Waals surface area contributed by atoms with Crippen molar-refractivity contribution in [3.8, 4) is 0 Å². The molecule has 4 nitrogen and oxygen atoms in total. The van der Waals surface area contributed by atoms with Crippen molar-refractivity contribution in [3.63, 3.8) is 0 Å². The maximum Gasteiger partial charge on any atom is 0.241 e. The Bertz CT molecular complexity index is 587. The minimum Gasteiger partial charge on any atom is -0.399 e. The summed E-state index contributed by atoms with van der Waals surface area (Å²) in [6.45, 7) is 3.47. The second-order valence-corrected chi connectivity index (χ2v) is 6.94. The van der Waals surface area contributed by atoms with E-state index in [-0.39, 0.29) is 22.2 Å². The summed E-state index contributed by atoms with van der Waals surface area (Å²) < 4.78 is 40.9. The van der Waals surface area contributed by atoms with Crippen molar-refractivity contribution >= 4 is 15.7 Å². The minimum absolute atomic E-state index is 0.0656. The Hall–Kier alpha value is -1.14. The molecular formula is C13H19FN2O2S. The van der Waals surface area contributed by atoms with Gasteiger partial charge < -0.3 is 5.73 Å². The molecule has 1 aromatic rings. The van der Waals surface area contributed by atoms with E-state index in [4.69, 9.17) is 5.73 Å². The number of halogens is 1. The van der Waals surface area contributed by atoms with Crippen LogP contribution in [-0.2, 0) is 10.0 Å². The van der Waals surface area contributed by atoms with Gasteiger partial charge in [-0.25, -0.2) is 17.5 Å². The molecule has 2 atom stereocenters. The Kier molecular flexibility index (Phi) is 3.82. The van der Waals surface area contributed by atoms with Crippen molar-refractivity contribution in [2.75, 3.05) is 5.73 Å². The molecule has 0 radical (unpaired) electrons. The average molecular weight is 286 g/mol. The normalized spacial score (nSPS) is 23.7. The summed E-state index contributed by atoms with van der Waals surface area (Å²) in [4.78, 5) is -0.0656. The predicted octanol–water partition coefficient (Wildman–Crippen LogP) is 2.18. The molecular weight excluding hydrogens is 267 g/mol. The van der Waals surface area contributed by atoms with E-state index < -0.39 is 15.8 Å². The second kappa shape index (κ2) is 5.09. The van der Waals surface area contributed by atoms with Crippen LogP contribution in [0.3, 0.4) is 0 Å². The molecule has 1 aliphatic rings. The van der Waals surface area contributed by atoms with Crippen molar-refractivity contribution in [1.29, 1.82) is 0 Å². The number of anilines is 1. The molecule has 6 heteroatoms. The molecule has 2 unspecified atom stereocenters. The van der Waals surface area contributed by atoms with Crippen LogP contribution < -0.4 is 10.5 Å². The van der Waals surface area contributed by atoms with E-state index in [9.17, 15) is 12.8 Å². The van der Waals surface area contributed by atoms with E-state index >= 15 is 0 Å². The number of nitrogen functional groups attached to an aromatic ring is 1. The Labute approximate surface area is 113 Å². The Morgan fingerprint density at radius 3 is 2.63 bits per heavy atom. The number of hydrogen-bond donors (Lipinski definition) is 2. The Morgan fingerprint density at radius 2 is 2.05 bits per heavy atom. The van der Waals surface area contributed by atoms with Crippen molar-refractivity contribution in [1.82, 2.24) is 4.72 Å². The molecule has 0 bridgehead atoms. The molecule has 0 amide bonds. The van der Waals surface area contributed by atoms with Crippen molar-refractivity contribution in [2.45, 2.75) is 44.0 Å². The van der Waals surface area contributed by atoms with Crippen LogP contribution in [0.15, 0.2) is 17.0 Å². The number of benzene rings is 1. The zero-order valence-electron chi connectivity index (χ0n) is 11.1. The lowest BCUT2D eigenvalue weighted by atomic mass is 10.1. The molecule has 1 aromatic carbocycles. The van der Waals surface area contributed by atoms with E-state index in [2.05, 4.69) is 4.72 Å². The molecule has 0 aromatic heterocycles. The van der Waals surface area contributed by atoms with E-state index in [1.54, 1.807) is 0 Å². The third-order valence-corrected chi connectivity index (χ3v) is 5.39. The van der Waals surface area contributed by atoms with Crippen LogP contribution in [0.4, 0.5) is 10.1 Å². The van der Waals surface area contributed by atoms with E-state index in [1.165, 1.54) is 13.0 Å². The summed E-state index contributed by atoms with van der Waals surface area (Å²) in [5.74, 6) is -0.291. The second-order valence-electron chi connectivity index (χ2n) is 5.26. The molecule has 1 fully saturated rings. The molecule has 0 saturated heterocycles. The van der Waals surface area contributed by atoms with Gasteiger partial charge in [-0.05, 0) is 37.8 Å². The first kappa shape index (κ1) is 14.3. The predicted molar refractivity (Wildman–Crippen MR) is 72.7 cm³/mol. The Morgan fingerprint density at radius 1 is 1.37 bits per heavy atom. The maximum atomic E-state index is 13.6. The summed E-state index contributed by atoms with van der Waals surface area (Å²) in [7, 11) is -3.72. The topological polar surface area (TPSA) is 72.2 Å². The maximum absolute atomic E-state index is 13.6. The standard InChI is InChI=1S/C13H19FN2O2S/c1-8-4-3-5-12(8)16-19(17,18)13-7-10(15)6-11(14)9(13)2/h6-8,12,16H,3-5,15H2,1-2H3. The van der Waals surface area contributed by atoms with Crippen molar-refractivity contribution in [2.24, 2.45) is 5.92 Å². The zero-order valence-corrected chi connectivity index (χ0v) is 11.9. The summed E-state index contributed by atoms with van der Waals surface area (Å²) in [6.07, 6.45) is 2.85. The van der Waals surface area contributed by atoms with Crippen molar-refractivity contribution in [3.05, 3.63) is 23.5 Å². The van der Waals surface area contributed by atoms with Gasteiger partial charge in [0.2, 0.25) is 10.0 Å². The lowest BCUT2D eigenvalue weighted by Crippen LogP contribution is -2.36. The number of nitrogens with one attached hydrogen (secondary N) is 1. The van der Waals surface area contributed by atoms with Crippen LogP contribution in [-0.4, -0.2) is 14.5 Å². The third kappa shape index (κ3) is 2.90. The number of rotatable bonds is 3. The van der Waals surface area contributed by atoms with Gasteiger partial charge in [-0.3, -0.25) is 0 Å². The molecule has 19 heavy (non-hydrogen) atoms. The van der Waals surface area contributed by atoms with Gasteiger partial charge in [-0.1, -0.05) is 13.3 Å². The highest BCUT2D eigenvalue weighted by Crippen LogP contribution is 2.28. The molecule has 0 aliphatic heterocycles. The highest BCUT2D eigenvalue weighted by Gasteiger charge is 2.29. The van der Waals surface area contributed by atoms with Crippen LogP contribution in [0.2, 0.25) is 0 Å². The molecule has 3 N–H and O–H groups in total. The SMILES string of the molecule is Cc1c(F)cc(N)cc1S(=O)(=O)NC1CCCC1C. The summed E-state index contributed by atoms with van der Waals surface area (Å²) in [5, 5.41) is 0. The van der Waals surface area contributed by atoms with Crippen LogP contribution in [0.5, 0.6) is 0 Å². The highest BCUT2D eigenvalue weighted by atomic mass is 32.2. The van der Waals surface area contributed by atoms with Gasteiger partial charge in [0.1, 0.15) is 5.82 Å². The zero-order chi connectivity index (χ0) is 14.2. The smallest absolute Gasteiger partial charge is 0.241 e. The number of nitrogens with two attached hydrogens (primary N) is 1.